The number of carbonyl (C=O) groups is 3. The maximum Gasteiger partial charge on any atom is 0.234 e. The molecule has 0 aliphatic carbocycles. The summed E-state index contributed by atoms with van der Waals surface area (Å²) >= 11 is 1.28. The van der Waals surface area contributed by atoms with Crippen molar-refractivity contribution in [3.05, 3.63) is 59.7 Å². The first kappa shape index (κ1) is 23.6. The highest BCUT2D eigenvalue weighted by molar-refractivity contribution is 8.00. The highest BCUT2D eigenvalue weighted by Gasteiger charge is 2.28. The Kier molecular flexibility index (Phi) is 8.52. The van der Waals surface area contributed by atoms with Gasteiger partial charge in [0.1, 0.15) is 11.2 Å². The summed E-state index contributed by atoms with van der Waals surface area (Å²) in [6.07, 6.45) is 0.378. The van der Waals surface area contributed by atoms with Gasteiger partial charge in [0.05, 0.1) is 12.9 Å². The van der Waals surface area contributed by atoms with Gasteiger partial charge in [-0.1, -0.05) is 30.3 Å². The molecule has 0 bridgehead atoms. The topological polar surface area (TPSA) is 109 Å². The molecule has 3 rings (SSSR count). The molecule has 9 heteroatoms. The summed E-state index contributed by atoms with van der Waals surface area (Å²) in [5.74, 6) is 0.445. The normalized spacial score (nSPS) is 17.9. The van der Waals surface area contributed by atoms with Gasteiger partial charge in [0.25, 0.3) is 0 Å². The van der Waals surface area contributed by atoms with E-state index in [4.69, 9.17) is 4.74 Å². The van der Waals surface area contributed by atoms with Crippen LogP contribution >= 0.6 is 11.8 Å². The van der Waals surface area contributed by atoms with Crippen LogP contribution in [0.1, 0.15) is 24.0 Å². The molecule has 0 radical (unpaired) electrons. The van der Waals surface area contributed by atoms with Gasteiger partial charge in [-0.05, 0) is 36.2 Å². The lowest BCUT2D eigenvalue weighted by Gasteiger charge is -2.30. The quantitative estimate of drug-likeness (QED) is 0.461. The Hall–Kier alpha value is -3.04. The minimum atomic E-state index is -0.435. The monoisotopic (exact) mass is 456 g/mol. The van der Waals surface area contributed by atoms with E-state index < -0.39 is 5.50 Å². The number of hydrogen-bond donors (Lipinski definition) is 4. The summed E-state index contributed by atoms with van der Waals surface area (Å²) in [6, 6.07) is 14.7. The van der Waals surface area contributed by atoms with Crippen LogP contribution in [0.4, 0.5) is 5.69 Å². The second kappa shape index (κ2) is 11.5. The predicted octanol–water partition coefficient (Wildman–Crippen LogP) is 2.14. The van der Waals surface area contributed by atoms with E-state index in [9.17, 15) is 14.4 Å². The average Bonchev–Trinajstić information content (AvgIpc) is 2.78. The van der Waals surface area contributed by atoms with E-state index in [1.807, 2.05) is 55.5 Å². The van der Waals surface area contributed by atoms with Crippen LogP contribution < -0.4 is 26.0 Å². The lowest BCUT2D eigenvalue weighted by Crippen LogP contribution is -2.56. The van der Waals surface area contributed by atoms with E-state index in [-0.39, 0.29) is 42.4 Å². The Labute approximate surface area is 191 Å². The van der Waals surface area contributed by atoms with Gasteiger partial charge >= 0.3 is 0 Å². The smallest absolute Gasteiger partial charge is 0.234 e. The van der Waals surface area contributed by atoms with Crippen molar-refractivity contribution in [3.63, 3.8) is 0 Å². The van der Waals surface area contributed by atoms with E-state index >= 15 is 0 Å². The third-order valence-corrected chi connectivity index (χ3v) is 5.98. The SMILES string of the molecule is COc1cccc(CNC(=O)CC2CC(=O)NC(SCC(=O)Nc3ccccc3C)N2)c1. The second-order valence-electron chi connectivity index (χ2n) is 7.52. The lowest BCUT2D eigenvalue weighted by atomic mass is 10.1. The molecule has 2 aromatic carbocycles. The number of amides is 3. The molecule has 1 saturated heterocycles. The van der Waals surface area contributed by atoms with Crippen LogP contribution in [0.15, 0.2) is 48.5 Å². The number of ether oxygens (including phenoxy) is 1. The predicted molar refractivity (Wildman–Crippen MR) is 125 cm³/mol. The molecule has 0 aromatic heterocycles. The van der Waals surface area contributed by atoms with Gasteiger partial charge in [0.2, 0.25) is 17.7 Å². The van der Waals surface area contributed by atoms with Crippen LogP contribution in [-0.2, 0) is 20.9 Å². The molecule has 3 amide bonds. The van der Waals surface area contributed by atoms with Gasteiger partial charge in [0, 0.05) is 31.1 Å². The Morgan fingerprint density at radius 3 is 2.75 bits per heavy atom. The molecule has 4 N–H and O–H groups in total. The third-order valence-electron chi connectivity index (χ3n) is 4.97. The molecular weight excluding hydrogens is 428 g/mol. The van der Waals surface area contributed by atoms with Crippen molar-refractivity contribution in [2.75, 3.05) is 18.2 Å². The Morgan fingerprint density at radius 1 is 1.16 bits per heavy atom. The fraction of sp³-hybridized carbons (Fsp3) is 0.348. The van der Waals surface area contributed by atoms with Gasteiger partial charge in [-0.25, -0.2) is 0 Å². The van der Waals surface area contributed by atoms with E-state index in [1.54, 1.807) is 7.11 Å². The molecule has 0 saturated carbocycles. The Bertz CT molecular complexity index is 969. The number of benzene rings is 2. The van der Waals surface area contributed by atoms with Gasteiger partial charge in [-0.2, -0.15) is 0 Å². The molecular formula is C23H28N4O4S. The molecule has 1 aliphatic heterocycles. The van der Waals surface area contributed by atoms with Gasteiger partial charge in [0.15, 0.2) is 0 Å². The van der Waals surface area contributed by atoms with E-state index in [2.05, 4.69) is 21.3 Å². The Balaban J connectivity index is 1.43. The number of anilines is 1. The zero-order valence-electron chi connectivity index (χ0n) is 18.1. The summed E-state index contributed by atoms with van der Waals surface area (Å²) in [7, 11) is 1.60. The minimum Gasteiger partial charge on any atom is -0.497 e. The maximum atomic E-state index is 12.4. The third kappa shape index (κ3) is 7.28. The summed E-state index contributed by atoms with van der Waals surface area (Å²) in [5, 5.41) is 11.8. The lowest BCUT2D eigenvalue weighted by molar-refractivity contribution is -0.125. The number of thioether (sulfide) groups is 1. The van der Waals surface area contributed by atoms with Crippen molar-refractivity contribution >= 4 is 35.2 Å². The molecule has 1 fully saturated rings. The fourth-order valence-corrected chi connectivity index (χ4v) is 4.20. The molecule has 32 heavy (non-hydrogen) atoms. The highest BCUT2D eigenvalue weighted by atomic mass is 32.2. The molecule has 2 atom stereocenters. The first-order valence-corrected chi connectivity index (χ1v) is 11.4. The van der Waals surface area contributed by atoms with Crippen molar-refractivity contribution in [3.8, 4) is 5.75 Å². The zero-order chi connectivity index (χ0) is 22.9. The van der Waals surface area contributed by atoms with Crippen LogP contribution in [-0.4, -0.2) is 42.1 Å². The van der Waals surface area contributed by atoms with Crippen molar-refractivity contribution in [1.82, 2.24) is 16.0 Å². The molecule has 1 aliphatic rings. The van der Waals surface area contributed by atoms with Gasteiger partial charge in [-0.3, -0.25) is 19.7 Å². The number of para-hydroxylation sites is 1. The van der Waals surface area contributed by atoms with Crippen LogP contribution in [0.3, 0.4) is 0 Å². The molecule has 1 heterocycles. The molecule has 0 spiro atoms. The highest BCUT2D eigenvalue weighted by Crippen LogP contribution is 2.17. The van der Waals surface area contributed by atoms with Crippen molar-refractivity contribution in [2.45, 2.75) is 37.8 Å². The van der Waals surface area contributed by atoms with Crippen molar-refractivity contribution in [1.29, 1.82) is 0 Å². The molecule has 2 unspecified atom stereocenters. The number of methoxy groups -OCH3 is 1. The van der Waals surface area contributed by atoms with Gasteiger partial charge in [-0.15, -0.1) is 11.8 Å². The number of aryl methyl sites for hydroxylation is 1. The first-order chi connectivity index (χ1) is 15.4. The second-order valence-corrected chi connectivity index (χ2v) is 8.62. The van der Waals surface area contributed by atoms with E-state index in [0.29, 0.717) is 6.54 Å². The minimum absolute atomic E-state index is 0.147. The van der Waals surface area contributed by atoms with Crippen molar-refractivity contribution in [2.24, 2.45) is 0 Å². The van der Waals surface area contributed by atoms with Crippen molar-refractivity contribution < 1.29 is 19.1 Å². The summed E-state index contributed by atoms with van der Waals surface area (Å²) in [5.41, 5.74) is 2.24. The zero-order valence-corrected chi connectivity index (χ0v) is 19.0. The summed E-state index contributed by atoms with van der Waals surface area (Å²) in [6.45, 7) is 2.31. The number of rotatable bonds is 9. The van der Waals surface area contributed by atoms with E-state index in [0.717, 1.165) is 22.6 Å². The number of nitrogens with one attached hydrogen (secondary N) is 4. The van der Waals surface area contributed by atoms with Crippen LogP contribution in [0.2, 0.25) is 0 Å². The van der Waals surface area contributed by atoms with Crippen LogP contribution in [0.25, 0.3) is 0 Å². The summed E-state index contributed by atoms with van der Waals surface area (Å²) in [4.78, 5) is 36.7. The Morgan fingerprint density at radius 2 is 1.97 bits per heavy atom. The largest absolute Gasteiger partial charge is 0.497 e. The molecule has 170 valence electrons. The van der Waals surface area contributed by atoms with Crippen LogP contribution in [0.5, 0.6) is 5.75 Å². The molecule has 8 nitrogen and oxygen atoms in total. The number of hydrogen-bond acceptors (Lipinski definition) is 6. The maximum absolute atomic E-state index is 12.4. The standard InChI is InChI=1S/C23H28N4O4S/c1-15-6-3-4-9-19(15)26-22(30)14-32-23-25-17(12-21(29)27-23)11-20(28)24-13-16-7-5-8-18(10-16)31-2/h3-10,17,23,25H,11-14H2,1-2H3,(H,24,28)(H,26,30)(H,27,29). The number of carbonyl (C=O) groups excluding carboxylic acids is 3. The fourth-order valence-electron chi connectivity index (χ4n) is 3.30. The summed E-state index contributed by atoms with van der Waals surface area (Å²) < 4.78 is 5.19. The van der Waals surface area contributed by atoms with E-state index in [1.165, 1.54) is 11.8 Å². The van der Waals surface area contributed by atoms with Gasteiger partial charge < -0.3 is 20.7 Å². The average molecular weight is 457 g/mol. The first-order valence-electron chi connectivity index (χ1n) is 10.3. The van der Waals surface area contributed by atoms with Crippen LogP contribution in [0, 0.1) is 6.92 Å². The molecule has 2 aromatic rings.